The van der Waals surface area contributed by atoms with Gasteiger partial charge in [0.05, 0.1) is 12.2 Å². The first-order valence-electron chi connectivity index (χ1n) is 5.65. The van der Waals surface area contributed by atoms with Gasteiger partial charge in [-0.3, -0.25) is 4.98 Å². The van der Waals surface area contributed by atoms with Crippen molar-refractivity contribution in [1.82, 2.24) is 9.55 Å². The van der Waals surface area contributed by atoms with Crippen LogP contribution in [0.5, 0.6) is 0 Å². The number of nitrogens with two attached hydrogens (primary N) is 1. The highest BCUT2D eigenvalue weighted by molar-refractivity contribution is 9.10. The van der Waals surface area contributed by atoms with Gasteiger partial charge in [-0.15, -0.1) is 0 Å². The van der Waals surface area contributed by atoms with E-state index in [0.717, 1.165) is 23.1 Å². The van der Waals surface area contributed by atoms with E-state index >= 15 is 0 Å². The molecule has 0 bridgehead atoms. The summed E-state index contributed by atoms with van der Waals surface area (Å²) in [4.78, 5) is 4.37. The highest BCUT2D eigenvalue weighted by Gasteiger charge is 2.04. The van der Waals surface area contributed by atoms with E-state index in [1.807, 2.05) is 25.3 Å². The zero-order valence-corrected chi connectivity index (χ0v) is 11.4. The molecule has 0 amide bonds. The van der Waals surface area contributed by atoms with Crippen molar-refractivity contribution in [1.29, 1.82) is 0 Å². The molecule has 2 heterocycles. The molecule has 2 aromatic heterocycles. The first kappa shape index (κ1) is 12.3. The van der Waals surface area contributed by atoms with Gasteiger partial charge in [0.25, 0.3) is 0 Å². The molecule has 0 aliphatic heterocycles. The van der Waals surface area contributed by atoms with Crippen molar-refractivity contribution >= 4 is 15.9 Å². The van der Waals surface area contributed by atoms with E-state index in [0.29, 0.717) is 0 Å². The maximum atomic E-state index is 5.83. The first-order valence-corrected chi connectivity index (χ1v) is 6.44. The summed E-state index contributed by atoms with van der Waals surface area (Å²) < 4.78 is 3.20. The van der Waals surface area contributed by atoms with Crippen LogP contribution in [-0.2, 0) is 13.0 Å². The molecule has 0 aliphatic rings. The Balaban J connectivity index is 2.13. The van der Waals surface area contributed by atoms with E-state index in [4.69, 9.17) is 5.73 Å². The van der Waals surface area contributed by atoms with Gasteiger partial charge in [-0.05, 0) is 47.1 Å². The van der Waals surface area contributed by atoms with Crippen LogP contribution in [0.15, 0.2) is 41.1 Å². The standard InChI is InChI=1S/C13H16BrN3/c1-10(15)7-13-3-2-6-17(13)9-12-5-4-11(14)8-16-12/h2-6,8,10H,7,9,15H2,1H3. The smallest absolute Gasteiger partial charge is 0.0645 e. The highest BCUT2D eigenvalue weighted by atomic mass is 79.9. The van der Waals surface area contributed by atoms with Gasteiger partial charge in [0.1, 0.15) is 0 Å². The lowest BCUT2D eigenvalue weighted by Crippen LogP contribution is -2.20. The number of hydrogen-bond donors (Lipinski definition) is 1. The van der Waals surface area contributed by atoms with Crippen molar-refractivity contribution in [2.24, 2.45) is 5.73 Å². The molecule has 3 nitrogen and oxygen atoms in total. The Morgan fingerprint density at radius 1 is 1.41 bits per heavy atom. The van der Waals surface area contributed by atoms with Gasteiger partial charge in [0.2, 0.25) is 0 Å². The topological polar surface area (TPSA) is 43.8 Å². The Kier molecular flexibility index (Phi) is 3.97. The quantitative estimate of drug-likeness (QED) is 0.942. The third-order valence-electron chi connectivity index (χ3n) is 2.58. The Hall–Kier alpha value is -1.13. The summed E-state index contributed by atoms with van der Waals surface area (Å²) in [5.41, 5.74) is 8.14. The minimum atomic E-state index is 0.182. The maximum absolute atomic E-state index is 5.83. The Morgan fingerprint density at radius 2 is 2.24 bits per heavy atom. The molecule has 2 aromatic rings. The number of nitrogens with zero attached hydrogens (tertiary/aromatic N) is 2. The number of halogens is 1. The minimum Gasteiger partial charge on any atom is -0.345 e. The van der Waals surface area contributed by atoms with Crippen LogP contribution in [0.3, 0.4) is 0 Å². The van der Waals surface area contributed by atoms with Crippen molar-refractivity contribution in [3.8, 4) is 0 Å². The molecule has 1 atom stereocenters. The van der Waals surface area contributed by atoms with Crippen molar-refractivity contribution in [2.45, 2.75) is 25.9 Å². The number of rotatable bonds is 4. The van der Waals surface area contributed by atoms with Crippen molar-refractivity contribution in [3.63, 3.8) is 0 Å². The summed E-state index contributed by atoms with van der Waals surface area (Å²) in [6, 6.07) is 8.39. The summed E-state index contributed by atoms with van der Waals surface area (Å²) >= 11 is 3.38. The molecule has 90 valence electrons. The zero-order valence-electron chi connectivity index (χ0n) is 9.81. The highest BCUT2D eigenvalue weighted by Crippen LogP contribution is 2.11. The van der Waals surface area contributed by atoms with E-state index < -0.39 is 0 Å². The molecular weight excluding hydrogens is 278 g/mol. The SMILES string of the molecule is CC(N)Cc1cccn1Cc1ccc(Br)cn1. The van der Waals surface area contributed by atoms with Crippen LogP contribution >= 0.6 is 15.9 Å². The zero-order chi connectivity index (χ0) is 12.3. The summed E-state index contributed by atoms with van der Waals surface area (Å²) in [6.45, 7) is 2.82. The lowest BCUT2D eigenvalue weighted by molar-refractivity contribution is 0.660. The van der Waals surface area contributed by atoms with Gasteiger partial charge in [-0.2, -0.15) is 0 Å². The molecule has 0 aliphatic carbocycles. The van der Waals surface area contributed by atoms with Gasteiger partial charge in [0, 0.05) is 35.0 Å². The predicted octanol–water partition coefficient (Wildman–Crippen LogP) is 2.58. The van der Waals surface area contributed by atoms with Crippen LogP contribution in [0.1, 0.15) is 18.3 Å². The summed E-state index contributed by atoms with van der Waals surface area (Å²) in [5.74, 6) is 0. The Bertz CT molecular complexity index is 474. The predicted molar refractivity (Wildman–Crippen MR) is 72.8 cm³/mol. The van der Waals surface area contributed by atoms with E-state index in [-0.39, 0.29) is 6.04 Å². The molecule has 0 spiro atoms. The lowest BCUT2D eigenvalue weighted by Gasteiger charge is -2.10. The second-order valence-electron chi connectivity index (χ2n) is 4.28. The van der Waals surface area contributed by atoms with Crippen molar-refractivity contribution in [3.05, 3.63) is 52.5 Å². The largest absolute Gasteiger partial charge is 0.345 e. The third kappa shape index (κ3) is 3.41. The second-order valence-corrected chi connectivity index (χ2v) is 5.19. The van der Waals surface area contributed by atoms with E-state index in [1.54, 1.807) is 0 Å². The Labute approximate surface area is 110 Å². The van der Waals surface area contributed by atoms with Gasteiger partial charge >= 0.3 is 0 Å². The van der Waals surface area contributed by atoms with Gasteiger partial charge in [-0.1, -0.05) is 0 Å². The molecule has 2 rings (SSSR count). The van der Waals surface area contributed by atoms with E-state index in [9.17, 15) is 0 Å². The van der Waals surface area contributed by atoms with Gasteiger partial charge < -0.3 is 10.3 Å². The van der Waals surface area contributed by atoms with Crippen LogP contribution < -0.4 is 5.73 Å². The fourth-order valence-corrected chi connectivity index (χ4v) is 2.03. The number of pyridine rings is 1. The molecule has 0 saturated heterocycles. The van der Waals surface area contributed by atoms with Gasteiger partial charge in [0.15, 0.2) is 0 Å². The van der Waals surface area contributed by atoms with E-state index in [1.165, 1.54) is 5.69 Å². The molecule has 1 unspecified atom stereocenters. The van der Waals surface area contributed by atoms with Crippen LogP contribution in [-0.4, -0.2) is 15.6 Å². The second kappa shape index (κ2) is 5.47. The van der Waals surface area contributed by atoms with Crippen molar-refractivity contribution < 1.29 is 0 Å². The fourth-order valence-electron chi connectivity index (χ4n) is 1.79. The number of aromatic nitrogens is 2. The molecule has 17 heavy (non-hydrogen) atoms. The molecule has 2 N–H and O–H groups in total. The molecule has 0 fully saturated rings. The number of hydrogen-bond acceptors (Lipinski definition) is 2. The summed E-state index contributed by atoms with van der Waals surface area (Å²) in [5, 5.41) is 0. The fraction of sp³-hybridized carbons (Fsp3) is 0.308. The van der Waals surface area contributed by atoms with Crippen LogP contribution in [0, 0.1) is 0 Å². The summed E-state index contributed by atoms with van der Waals surface area (Å²) in [7, 11) is 0. The Morgan fingerprint density at radius 3 is 2.88 bits per heavy atom. The van der Waals surface area contributed by atoms with E-state index in [2.05, 4.69) is 43.8 Å². The average molecular weight is 294 g/mol. The van der Waals surface area contributed by atoms with Crippen LogP contribution in [0.2, 0.25) is 0 Å². The monoisotopic (exact) mass is 293 g/mol. The third-order valence-corrected chi connectivity index (χ3v) is 3.04. The molecular formula is C13H16BrN3. The maximum Gasteiger partial charge on any atom is 0.0645 e. The molecule has 0 radical (unpaired) electrons. The average Bonchev–Trinajstić information content (AvgIpc) is 2.68. The molecule has 0 saturated carbocycles. The van der Waals surface area contributed by atoms with Crippen LogP contribution in [0.4, 0.5) is 0 Å². The van der Waals surface area contributed by atoms with Crippen molar-refractivity contribution in [2.75, 3.05) is 0 Å². The van der Waals surface area contributed by atoms with Gasteiger partial charge in [-0.25, -0.2) is 0 Å². The summed E-state index contributed by atoms with van der Waals surface area (Å²) in [6.07, 6.45) is 4.79. The molecule has 0 aromatic carbocycles. The lowest BCUT2D eigenvalue weighted by atomic mass is 10.2. The van der Waals surface area contributed by atoms with Crippen LogP contribution in [0.25, 0.3) is 0 Å². The first-order chi connectivity index (χ1) is 8.15. The molecule has 4 heteroatoms. The minimum absolute atomic E-state index is 0.182. The normalized spacial score (nSPS) is 12.6.